The maximum absolute atomic E-state index is 13.3. The maximum Gasteiger partial charge on any atom is 0.251 e. The zero-order valence-corrected chi connectivity index (χ0v) is 20.2. The second kappa shape index (κ2) is 10.5. The molecule has 0 saturated heterocycles. The number of hydrogen-bond donors (Lipinski definition) is 2. The van der Waals surface area contributed by atoms with Gasteiger partial charge in [-0.3, -0.25) is 9.59 Å². The Bertz CT molecular complexity index is 1290. The van der Waals surface area contributed by atoms with E-state index in [-0.39, 0.29) is 22.3 Å². The number of amides is 1. The van der Waals surface area contributed by atoms with Gasteiger partial charge in [0.25, 0.3) is 5.91 Å². The predicted molar refractivity (Wildman–Crippen MR) is 132 cm³/mol. The van der Waals surface area contributed by atoms with Gasteiger partial charge in [0.1, 0.15) is 16.7 Å². The van der Waals surface area contributed by atoms with Crippen molar-refractivity contribution in [1.82, 2.24) is 4.31 Å². The van der Waals surface area contributed by atoms with Crippen molar-refractivity contribution >= 4 is 33.1 Å². The number of ketones is 1. The number of nitrogens with zero attached hydrogens (tertiary/aromatic N) is 1. The van der Waals surface area contributed by atoms with Crippen molar-refractivity contribution in [3.05, 3.63) is 83.9 Å². The van der Waals surface area contributed by atoms with Gasteiger partial charge in [0, 0.05) is 31.0 Å². The van der Waals surface area contributed by atoms with E-state index in [0.717, 1.165) is 4.31 Å². The minimum Gasteiger partial charge on any atom is -0.495 e. The van der Waals surface area contributed by atoms with E-state index >= 15 is 0 Å². The van der Waals surface area contributed by atoms with Gasteiger partial charge in [-0.1, -0.05) is 42.5 Å². The van der Waals surface area contributed by atoms with Gasteiger partial charge in [-0.2, -0.15) is 0 Å². The number of carbonyl (C=O) groups is 2. The molecule has 9 heteroatoms. The summed E-state index contributed by atoms with van der Waals surface area (Å²) in [6.45, 7) is 1.46. The van der Waals surface area contributed by atoms with Gasteiger partial charge in [-0.15, -0.1) is 0 Å². The molecule has 3 aromatic rings. The lowest BCUT2D eigenvalue weighted by Gasteiger charge is -2.22. The third-order valence-corrected chi connectivity index (χ3v) is 7.00. The van der Waals surface area contributed by atoms with Crippen molar-refractivity contribution in [2.75, 3.05) is 31.8 Å². The van der Waals surface area contributed by atoms with Crippen LogP contribution in [-0.2, 0) is 14.8 Å². The van der Waals surface area contributed by atoms with Crippen molar-refractivity contribution in [2.24, 2.45) is 0 Å². The lowest BCUT2D eigenvalue weighted by Crippen LogP contribution is -2.27. The molecular formula is C25H27N3O5S. The summed E-state index contributed by atoms with van der Waals surface area (Å²) in [5.74, 6) is -0.289. The van der Waals surface area contributed by atoms with Crippen molar-refractivity contribution < 1.29 is 22.7 Å². The molecule has 0 aliphatic rings. The summed E-state index contributed by atoms with van der Waals surface area (Å²) >= 11 is 0. The van der Waals surface area contributed by atoms with E-state index in [1.807, 2.05) is 18.2 Å². The van der Waals surface area contributed by atoms with Crippen LogP contribution in [-0.4, -0.2) is 45.6 Å². The van der Waals surface area contributed by atoms with Crippen LogP contribution in [0.5, 0.6) is 5.75 Å². The maximum atomic E-state index is 13.3. The van der Waals surface area contributed by atoms with Crippen molar-refractivity contribution in [2.45, 2.75) is 17.9 Å². The van der Waals surface area contributed by atoms with E-state index in [1.54, 1.807) is 42.5 Å². The molecule has 3 aromatic carbocycles. The van der Waals surface area contributed by atoms with Gasteiger partial charge in [-0.05, 0) is 42.8 Å². The van der Waals surface area contributed by atoms with Crippen molar-refractivity contribution in [1.29, 1.82) is 0 Å². The number of Topliss-reactive ketones (excluding diaryl/α,β-unsaturated/α-hetero) is 1. The number of rotatable bonds is 9. The summed E-state index contributed by atoms with van der Waals surface area (Å²) in [4.78, 5) is 25.0. The standard InChI is InChI=1S/C25H27N3O5S/c1-17(29)19-11-8-12-20(15-19)27-25(30)24(18-9-6-5-7-10-18)26-21-13-14-22(33-4)23(16-21)34(31,32)28(2)3/h5-16,24,26H,1-4H3,(H,27,30)/t24-/m1/s1. The highest BCUT2D eigenvalue weighted by molar-refractivity contribution is 7.89. The van der Waals surface area contributed by atoms with E-state index in [4.69, 9.17) is 4.74 Å². The number of hydrogen-bond acceptors (Lipinski definition) is 6. The van der Waals surface area contributed by atoms with Gasteiger partial charge in [-0.25, -0.2) is 12.7 Å². The second-order valence-corrected chi connectivity index (χ2v) is 9.89. The first-order valence-corrected chi connectivity index (χ1v) is 11.9. The lowest BCUT2D eigenvalue weighted by molar-refractivity contribution is -0.117. The fourth-order valence-electron chi connectivity index (χ4n) is 3.31. The quantitative estimate of drug-likeness (QED) is 0.449. The molecule has 8 nitrogen and oxygen atoms in total. The highest BCUT2D eigenvalue weighted by Crippen LogP contribution is 2.31. The van der Waals surface area contributed by atoms with Crippen LogP contribution in [0.4, 0.5) is 11.4 Å². The number of nitrogens with one attached hydrogen (secondary N) is 2. The molecule has 2 N–H and O–H groups in total. The van der Waals surface area contributed by atoms with E-state index in [0.29, 0.717) is 22.5 Å². The van der Waals surface area contributed by atoms with Crippen molar-refractivity contribution in [3.63, 3.8) is 0 Å². The summed E-state index contributed by atoms with van der Waals surface area (Å²) in [5.41, 5.74) is 2.06. The first-order chi connectivity index (χ1) is 16.1. The van der Waals surface area contributed by atoms with Gasteiger partial charge in [0.2, 0.25) is 10.0 Å². The van der Waals surface area contributed by atoms with Crippen LogP contribution in [0.25, 0.3) is 0 Å². The summed E-state index contributed by atoms with van der Waals surface area (Å²) in [6, 6.07) is 19.5. The molecule has 0 aromatic heterocycles. The Balaban J connectivity index is 1.98. The van der Waals surface area contributed by atoms with Crippen LogP contribution in [0, 0.1) is 0 Å². The number of carbonyl (C=O) groups excluding carboxylic acids is 2. The van der Waals surface area contributed by atoms with Crippen LogP contribution in [0.1, 0.15) is 28.9 Å². The molecule has 0 aliphatic carbocycles. The Morgan fingerprint density at radius 3 is 2.24 bits per heavy atom. The molecule has 0 unspecified atom stereocenters. The van der Waals surface area contributed by atoms with Crippen LogP contribution < -0.4 is 15.4 Å². The van der Waals surface area contributed by atoms with Crippen LogP contribution >= 0.6 is 0 Å². The Morgan fingerprint density at radius 1 is 0.912 bits per heavy atom. The number of benzene rings is 3. The lowest BCUT2D eigenvalue weighted by atomic mass is 10.0. The highest BCUT2D eigenvalue weighted by Gasteiger charge is 2.25. The molecule has 0 heterocycles. The van der Waals surface area contributed by atoms with E-state index in [9.17, 15) is 18.0 Å². The Kier molecular flexibility index (Phi) is 7.70. The smallest absolute Gasteiger partial charge is 0.251 e. The summed E-state index contributed by atoms with van der Waals surface area (Å²) in [5, 5.41) is 5.97. The average molecular weight is 482 g/mol. The predicted octanol–water partition coefficient (Wildman–Crippen LogP) is 3.94. The van der Waals surface area contributed by atoms with Gasteiger partial charge in [0.05, 0.1) is 7.11 Å². The van der Waals surface area contributed by atoms with Crippen molar-refractivity contribution in [3.8, 4) is 5.75 Å². The fourth-order valence-corrected chi connectivity index (χ4v) is 4.38. The largest absolute Gasteiger partial charge is 0.495 e. The number of ether oxygens (including phenoxy) is 1. The molecule has 1 amide bonds. The molecule has 0 bridgehead atoms. The normalized spacial score (nSPS) is 12.1. The molecule has 34 heavy (non-hydrogen) atoms. The monoisotopic (exact) mass is 481 g/mol. The van der Waals surface area contributed by atoms with Gasteiger partial charge >= 0.3 is 0 Å². The molecule has 1 atom stereocenters. The van der Waals surface area contributed by atoms with Crippen LogP contribution in [0.2, 0.25) is 0 Å². The topological polar surface area (TPSA) is 105 Å². The zero-order chi connectivity index (χ0) is 24.9. The summed E-state index contributed by atoms with van der Waals surface area (Å²) in [7, 11) is 0.476. The van der Waals surface area contributed by atoms with E-state index in [2.05, 4.69) is 10.6 Å². The Hall–Kier alpha value is -3.69. The third kappa shape index (κ3) is 5.62. The number of methoxy groups -OCH3 is 1. The SMILES string of the molecule is COc1ccc(N[C@@H](C(=O)Nc2cccc(C(C)=O)c2)c2ccccc2)cc1S(=O)(=O)N(C)C. The molecule has 0 spiro atoms. The third-order valence-electron chi connectivity index (χ3n) is 5.16. The molecule has 0 radical (unpaired) electrons. The number of sulfonamides is 1. The first-order valence-electron chi connectivity index (χ1n) is 10.5. The minimum atomic E-state index is -3.79. The fraction of sp³-hybridized carbons (Fsp3) is 0.200. The molecule has 0 fully saturated rings. The highest BCUT2D eigenvalue weighted by atomic mass is 32.2. The zero-order valence-electron chi connectivity index (χ0n) is 19.4. The first kappa shape index (κ1) is 24.9. The van der Waals surface area contributed by atoms with E-state index < -0.39 is 16.1 Å². The molecule has 0 aliphatic heterocycles. The Morgan fingerprint density at radius 2 is 1.62 bits per heavy atom. The molecule has 3 rings (SSSR count). The second-order valence-electron chi connectivity index (χ2n) is 7.77. The molecular weight excluding hydrogens is 454 g/mol. The van der Waals surface area contributed by atoms with E-state index in [1.165, 1.54) is 40.3 Å². The summed E-state index contributed by atoms with van der Waals surface area (Å²) in [6.07, 6.45) is 0. The van der Waals surface area contributed by atoms with Crippen LogP contribution in [0.3, 0.4) is 0 Å². The summed E-state index contributed by atoms with van der Waals surface area (Å²) < 4.78 is 31.9. The minimum absolute atomic E-state index is 0.0219. The number of anilines is 2. The van der Waals surface area contributed by atoms with Gasteiger partial charge in [0.15, 0.2) is 5.78 Å². The molecule has 178 valence electrons. The molecule has 0 saturated carbocycles. The Labute approximate surface area is 199 Å². The van der Waals surface area contributed by atoms with Gasteiger partial charge < -0.3 is 15.4 Å². The van der Waals surface area contributed by atoms with Crippen LogP contribution in [0.15, 0.2) is 77.7 Å². The average Bonchev–Trinajstić information content (AvgIpc) is 2.82.